The number of aliphatic hydroxyl groups is 1. The van der Waals surface area contributed by atoms with E-state index in [2.05, 4.69) is 13.8 Å². The van der Waals surface area contributed by atoms with E-state index in [4.69, 9.17) is 10.8 Å². The van der Waals surface area contributed by atoms with Crippen LogP contribution in [-0.4, -0.2) is 17.8 Å². The molecule has 3 unspecified atom stereocenters. The molecule has 0 saturated heterocycles. The van der Waals surface area contributed by atoms with Gasteiger partial charge < -0.3 is 10.8 Å². The van der Waals surface area contributed by atoms with Gasteiger partial charge in [-0.3, -0.25) is 0 Å². The first-order chi connectivity index (χ1) is 6.13. The summed E-state index contributed by atoms with van der Waals surface area (Å²) in [5.41, 5.74) is 6.28. The minimum Gasteiger partial charge on any atom is -0.396 e. The smallest absolute Gasteiger partial charge is 0.0437 e. The van der Waals surface area contributed by atoms with Crippen LogP contribution >= 0.6 is 0 Å². The maximum absolute atomic E-state index is 9.09. The molecule has 0 radical (unpaired) electrons. The second kappa shape index (κ2) is 4.43. The van der Waals surface area contributed by atoms with Crippen molar-refractivity contribution in [2.45, 2.75) is 52.0 Å². The first-order valence-electron chi connectivity index (χ1n) is 5.50. The quantitative estimate of drug-likeness (QED) is 0.705. The highest BCUT2D eigenvalue weighted by molar-refractivity contribution is 4.93. The third kappa shape index (κ3) is 2.05. The monoisotopic (exact) mass is 185 g/mol. The Kier molecular flexibility index (Phi) is 3.74. The van der Waals surface area contributed by atoms with Gasteiger partial charge in [0.2, 0.25) is 0 Å². The van der Waals surface area contributed by atoms with Crippen LogP contribution in [0, 0.1) is 11.3 Å². The van der Waals surface area contributed by atoms with Crippen LogP contribution in [0.25, 0.3) is 0 Å². The van der Waals surface area contributed by atoms with E-state index >= 15 is 0 Å². The van der Waals surface area contributed by atoms with Gasteiger partial charge in [-0.2, -0.15) is 0 Å². The zero-order valence-electron chi connectivity index (χ0n) is 8.92. The molecule has 2 nitrogen and oxygen atoms in total. The predicted molar refractivity (Wildman–Crippen MR) is 55.4 cm³/mol. The third-order valence-corrected chi connectivity index (χ3v) is 3.99. The van der Waals surface area contributed by atoms with Crippen molar-refractivity contribution >= 4 is 0 Å². The van der Waals surface area contributed by atoms with Crippen molar-refractivity contribution in [1.82, 2.24) is 0 Å². The van der Waals surface area contributed by atoms with E-state index in [1.807, 2.05) is 0 Å². The average Bonchev–Trinajstić information content (AvgIpc) is 2.09. The fourth-order valence-corrected chi connectivity index (χ4v) is 2.92. The number of aliphatic hydroxyl groups excluding tert-OH is 1. The van der Waals surface area contributed by atoms with Gasteiger partial charge in [-0.05, 0) is 31.1 Å². The Balaban J connectivity index is 2.73. The normalized spacial score (nSPS) is 37.4. The van der Waals surface area contributed by atoms with Gasteiger partial charge >= 0.3 is 0 Å². The lowest BCUT2D eigenvalue weighted by Crippen LogP contribution is -2.46. The molecular formula is C11H23NO. The summed E-state index contributed by atoms with van der Waals surface area (Å²) in [5, 5.41) is 9.09. The summed E-state index contributed by atoms with van der Waals surface area (Å²) in [5.74, 6) is 0.674. The molecule has 0 amide bonds. The fourth-order valence-electron chi connectivity index (χ4n) is 2.92. The van der Waals surface area contributed by atoms with E-state index in [9.17, 15) is 0 Å². The molecule has 1 rings (SSSR count). The summed E-state index contributed by atoms with van der Waals surface area (Å²) in [7, 11) is 0. The molecule has 2 heteroatoms. The van der Waals surface area contributed by atoms with E-state index in [0.717, 1.165) is 6.42 Å². The summed E-state index contributed by atoms with van der Waals surface area (Å²) >= 11 is 0. The Morgan fingerprint density at radius 1 is 1.54 bits per heavy atom. The molecule has 0 aromatic carbocycles. The van der Waals surface area contributed by atoms with Crippen LogP contribution in [-0.2, 0) is 0 Å². The molecule has 78 valence electrons. The molecule has 3 atom stereocenters. The molecule has 3 N–H and O–H groups in total. The highest BCUT2D eigenvalue weighted by Crippen LogP contribution is 2.45. The molecule has 0 aromatic heterocycles. The third-order valence-electron chi connectivity index (χ3n) is 3.99. The summed E-state index contributed by atoms with van der Waals surface area (Å²) < 4.78 is 0. The maximum atomic E-state index is 9.09. The van der Waals surface area contributed by atoms with Crippen LogP contribution in [0.15, 0.2) is 0 Å². The maximum Gasteiger partial charge on any atom is 0.0437 e. The van der Waals surface area contributed by atoms with Crippen molar-refractivity contribution in [2.24, 2.45) is 17.1 Å². The first kappa shape index (κ1) is 11.0. The molecule has 1 saturated carbocycles. The molecule has 1 aliphatic rings. The highest BCUT2D eigenvalue weighted by Gasteiger charge is 2.40. The Hall–Kier alpha value is -0.0800. The van der Waals surface area contributed by atoms with Gasteiger partial charge in [-0.15, -0.1) is 0 Å². The van der Waals surface area contributed by atoms with Gasteiger partial charge in [-0.1, -0.05) is 26.2 Å². The van der Waals surface area contributed by atoms with Crippen LogP contribution in [0.2, 0.25) is 0 Å². The second-order valence-corrected chi connectivity index (χ2v) is 4.64. The highest BCUT2D eigenvalue weighted by atomic mass is 16.3. The zero-order chi connectivity index (χ0) is 9.90. The largest absolute Gasteiger partial charge is 0.396 e. The average molecular weight is 185 g/mol. The first-order valence-corrected chi connectivity index (χ1v) is 5.50. The van der Waals surface area contributed by atoms with Gasteiger partial charge in [0.15, 0.2) is 0 Å². The standard InChI is InChI=1S/C11H23NO/c1-9-5-3-4-6-11(9,7-8-13)10(2)12/h9-10,13H,3-8,12H2,1-2H3. The molecule has 0 aromatic rings. The van der Waals surface area contributed by atoms with Gasteiger partial charge in [0.1, 0.15) is 0 Å². The minimum atomic E-state index is 0.215. The lowest BCUT2D eigenvalue weighted by molar-refractivity contribution is 0.0480. The van der Waals surface area contributed by atoms with Crippen molar-refractivity contribution in [2.75, 3.05) is 6.61 Å². The summed E-state index contributed by atoms with van der Waals surface area (Å²) in [6.07, 6.45) is 5.98. The molecule has 0 aliphatic heterocycles. The molecule has 1 aliphatic carbocycles. The lowest BCUT2D eigenvalue weighted by Gasteiger charge is -2.45. The number of hydrogen-bond donors (Lipinski definition) is 2. The van der Waals surface area contributed by atoms with Crippen LogP contribution in [0.5, 0.6) is 0 Å². The lowest BCUT2D eigenvalue weighted by atomic mass is 9.62. The SMILES string of the molecule is CC(N)C1(CCO)CCCCC1C. The van der Waals surface area contributed by atoms with Gasteiger partial charge in [0.05, 0.1) is 0 Å². The van der Waals surface area contributed by atoms with Gasteiger partial charge in [0.25, 0.3) is 0 Å². The molecule has 1 fully saturated rings. The van der Waals surface area contributed by atoms with E-state index in [1.54, 1.807) is 0 Å². The molecule has 0 bridgehead atoms. The van der Waals surface area contributed by atoms with Gasteiger partial charge in [-0.25, -0.2) is 0 Å². The van der Waals surface area contributed by atoms with E-state index in [-0.39, 0.29) is 18.1 Å². The van der Waals surface area contributed by atoms with Crippen LogP contribution in [0.3, 0.4) is 0 Å². The summed E-state index contributed by atoms with van der Waals surface area (Å²) in [6, 6.07) is 0.218. The fraction of sp³-hybridized carbons (Fsp3) is 1.00. The number of hydrogen-bond acceptors (Lipinski definition) is 2. The van der Waals surface area contributed by atoms with Crippen molar-refractivity contribution < 1.29 is 5.11 Å². The van der Waals surface area contributed by atoms with Crippen molar-refractivity contribution in [3.63, 3.8) is 0 Å². The minimum absolute atomic E-state index is 0.215. The Labute approximate surface area is 81.5 Å². The number of rotatable bonds is 3. The van der Waals surface area contributed by atoms with E-state index in [1.165, 1.54) is 25.7 Å². The Morgan fingerprint density at radius 3 is 2.69 bits per heavy atom. The van der Waals surface area contributed by atoms with Crippen molar-refractivity contribution in [1.29, 1.82) is 0 Å². The molecular weight excluding hydrogens is 162 g/mol. The summed E-state index contributed by atoms with van der Waals surface area (Å²) in [6.45, 7) is 4.67. The van der Waals surface area contributed by atoms with Gasteiger partial charge in [0, 0.05) is 12.6 Å². The zero-order valence-corrected chi connectivity index (χ0v) is 8.92. The number of nitrogens with two attached hydrogens (primary N) is 1. The van der Waals surface area contributed by atoms with Crippen LogP contribution in [0.1, 0.15) is 46.0 Å². The molecule has 0 spiro atoms. The van der Waals surface area contributed by atoms with Crippen LogP contribution in [0.4, 0.5) is 0 Å². The van der Waals surface area contributed by atoms with Crippen LogP contribution < -0.4 is 5.73 Å². The second-order valence-electron chi connectivity index (χ2n) is 4.64. The Morgan fingerprint density at radius 2 is 2.23 bits per heavy atom. The Bertz CT molecular complexity index is 154. The predicted octanol–water partition coefficient (Wildman–Crippen LogP) is 1.91. The topological polar surface area (TPSA) is 46.2 Å². The van der Waals surface area contributed by atoms with E-state index < -0.39 is 0 Å². The summed E-state index contributed by atoms with van der Waals surface area (Å²) in [4.78, 5) is 0. The van der Waals surface area contributed by atoms with Crippen molar-refractivity contribution in [3.05, 3.63) is 0 Å². The van der Waals surface area contributed by atoms with E-state index in [0.29, 0.717) is 5.92 Å². The molecule has 0 heterocycles. The molecule has 13 heavy (non-hydrogen) atoms. The van der Waals surface area contributed by atoms with Crippen molar-refractivity contribution in [3.8, 4) is 0 Å².